The van der Waals surface area contributed by atoms with Crippen LogP contribution in [0.5, 0.6) is 0 Å². The molecule has 0 aliphatic carbocycles. The first-order chi connectivity index (χ1) is 8.39. The largest absolute Gasteiger partial charge is 0.395 e. The van der Waals surface area contributed by atoms with E-state index in [4.69, 9.17) is 5.73 Å². The lowest BCUT2D eigenvalue weighted by Gasteiger charge is -2.26. The average molecular weight is 254 g/mol. The van der Waals surface area contributed by atoms with E-state index in [1.807, 2.05) is 4.90 Å². The van der Waals surface area contributed by atoms with Crippen LogP contribution in [0.2, 0.25) is 0 Å². The lowest BCUT2D eigenvalue weighted by molar-refractivity contribution is 0.325. The topological polar surface area (TPSA) is 29.3 Å². The minimum atomic E-state index is -0.673. The van der Waals surface area contributed by atoms with Crippen molar-refractivity contribution in [1.82, 2.24) is 0 Å². The summed E-state index contributed by atoms with van der Waals surface area (Å²) in [6.07, 6.45) is 3.15. The van der Waals surface area contributed by atoms with Crippen molar-refractivity contribution < 1.29 is 8.78 Å². The van der Waals surface area contributed by atoms with Crippen LogP contribution in [0.25, 0.3) is 0 Å². The third kappa shape index (κ3) is 2.74. The fourth-order valence-electron chi connectivity index (χ4n) is 2.50. The predicted molar refractivity (Wildman–Crippen MR) is 70.6 cm³/mol. The van der Waals surface area contributed by atoms with Gasteiger partial charge in [0, 0.05) is 19.2 Å². The Bertz CT molecular complexity index is 444. The number of nitrogen functional groups attached to an aromatic ring is 1. The molecule has 2 rings (SSSR count). The molecule has 18 heavy (non-hydrogen) atoms. The van der Waals surface area contributed by atoms with E-state index in [1.165, 1.54) is 6.07 Å². The zero-order valence-electron chi connectivity index (χ0n) is 11.0. The molecule has 0 atom stereocenters. The molecule has 0 aromatic heterocycles. The second-order valence-corrected chi connectivity index (χ2v) is 5.83. The maximum Gasteiger partial charge on any atom is 0.151 e. The molecule has 100 valence electrons. The summed E-state index contributed by atoms with van der Waals surface area (Å²) < 4.78 is 26.8. The van der Waals surface area contributed by atoms with Gasteiger partial charge in [0.1, 0.15) is 5.82 Å². The minimum absolute atomic E-state index is 0.0520. The van der Waals surface area contributed by atoms with Gasteiger partial charge in [-0.3, -0.25) is 0 Å². The first kappa shape index (κ1) is 13.1. The number of hydrogen-bond donors (Lipinski definition) is 1. The zero-order valence-corrected chi connectivity index (χ0v) is 11.0. The van der Waals surface area contributed by atoms with E-state index in [0.29, 0.717) is 5.69 Å². The first-order valence-corrected chi connectivity index (χ1v) is 6.38. The summed E-state index contributed by atoms with van der Waals surface area (Å²) in [5, 5.41) is 0. The van der Waals surface area contributed by atoms with Crippen LogP contribution in [0.4, 0.5) is 20.2 Å². The van der Waals surface area contributed by atoms with Gasteiger partial charge in [-0.15, -0.1) is 0 Å². The van der Waals surface area contributed by atoms with Crippen molar-refractivity contribution in [1.29, 1.82) is 0 Å². The summed E-state index contributed by atoms with van der Waals surface area (Å²) in [6.45, 7) is 6.05. The number of hydrogen-bond acceptors (Lipinski definition) is 2. The van der Waals surface area contributed by atoms with Crippen molar-refractivity contribution in [3.63, 3.8) is 0 Å². The second-order valence-electron chi connectivity index (χ2n) is 5.83. The van der Waals surface area contributed by atoms with Crippen LogP contribution in [0, 0.1) is 17.0 Å². The summed E-state index contributed by atoms with van der Waals surface area (Å²) in [4.78, 5) is 2.00. The number of rotatable bonds is 1. The van der Waals surface area contributed by atoms with Gasteiger partial charge in [-0.05, 0) is 30.7 Å². The Morgan fingerprint density at radius 2 is 1.89 bits per heavy atom. The zero-order chi connectivity index (χ0) is 13.3. The molecule has 0 bridgehead atoms. The standard InChI is InChI=1S/C14H20F2N2/c1-14(2)4-3-6-18(7-5-14)12-9-10(15)8-11(16)13(12)17/h8-9H,3-7,17H2,1-2H3. The Hall–Kier alpha value is -1.32. The predicted octanol–water partition coefficient (Wildman–Crippen LogP) is 3.56. The molecular weight excluding hydrogens is 234 g/mol. The molecule has 0 spiro atoms. The maximum atomic E-state index is 13.5. The van der Waals surface area contributed by atoms with Gasteiger partial charge in [0.15, 0.2) is 5.82 Å². The van der Waals surface area contributed by atoms with Gasteiger partial charge in [0.05, 0.1) is 11.4 Å². The van der Waals surface area contributed by atoms with Crippen LogP contribution in [0.3, 0.4) is 0 Å². The normalized spacial score (nSPS) is 19.7. The Morgan fingerprint density at radius 1 is 1.17 bits per heavy atom. The van der Waals surface area contributed by atoms with Crippen LogP contribution in [-0.4, -0.2) is 13.1 Å². The molecule has 1 aliphatic rings. The molecule has 0 radical (unpaired) electrons. The Morgan fingerprint density at radius 3 is 2.61 bits per heavy atom. The molecule has 1 aromatic rings. The van der Waals surface area contributed by atoms with E-state index in [9.17, 15) is 8.78 Å². The van der Waals surface area contributed by atoms with Gasteiger partial charge in [-0.25, -0.2) is 8.78 Å². The van der Waals surface area contributed by atoms with Crippen molar-refractivity contribution in [3.05, 3.63) is 23.8 Å². The number of halogens is 2. The van der Waals surface area contributed by atoms with Crippen LogP contribution >= 0.6 is 0 Å². The van der Waals surface area contributed by atoms with Gasteiger partial charge in [-0.2, -0.15) is 0 Å². The quantitative estimate of drug-likeness (QED) is 0.776. The van der Waals surface area contributed by atoms with Crippen molar-refractivity contribution >= 4 is 11.4 Å². The molecule has 1 aromatic carbocycles. The first-order valence-electron chi connectivity index (χ1n) is 6.38. The number of anilines is 2. The summed E-state index contributed by atoms with van der Waals surface area (Å²) >= 11 is 0. The van der Waals surface area contributed by atoms with E-state index >= 15 is 0 Å². The van der Waals surface area contributed by atoms with Crippen LogP contribution < -0.4 is 10.6 Å². The molecule has 1 aliphatic heterocycles. The van der Waals surface area contributed by atoms with Crippen molar-refractivity contribution in [2.45, 2.75) is 33.1 Å². The molecule has 1 heterocycles. The summed E-state index contributed by atoms with van der Waals surface area (Å²) in [6, 6.07) is 2.16. The molecule has 4 heteroatoms. The third-order valence-electron chi connectivity index (χ3n) is 3.75. The molecule has 0 unspecified atom stereocenters. The van der Waals surface area contributed by atoms with Gasteiger partial charge >= 0.3 is 0 Å². The van der Waals surface area contributed by atoms with Crippen LogP contribution in [-0.2, 0) is 0 Å². The minimum Gasteiger partial charge on any atom is -0.395 e. The highest BCUT2D eigenvalue weighted by molar-refractivity contribution is 5.68. The van der Waals surface area contributed by atoms with Gasteiger partial charge < -0.3 is 10.6 Å². The molecule has 1 fully saturated rings. The van der Waals surface area contributed by atoms with E-state index in [-0.39, 0.29) is 11.1 Å². The Balaban J connectivity index is 2.26. The van der Waals surface area contributed by atoms with Gasteiger partial charge in [0.25, 0.3) is 0 Å². The SMILES string of the molecule is CC1(C)CCCN(c2cc(F)cc(F)c2N)CC1. The third-order valence-corrected chi connectivity index (χ3v) is 3.75. The van der Waals surface area contributed by atoms with E-state index in [2.05, 4.69) is 13.8 Å². The number of benzene rings is 1. The molecule has 0 amide bonds. The highest BCUT2D eigenvalue weighted by atomic mass is 19.1. The second kappa shape index (κ2) is 4.75. The molecule has 2 N–H and O–H groups in total. The fraction of sp³-hybridized carbons (Fsp3) is 0.571. The van der Waals surface area contributed by atoms with Crippen molar-refractivity contribution in [3.8, 4) is 0 Å². The Labute approximate surface area is 107 Å². The van der Waals surface area contributed by atoms with Crippen LogP contribution in [0.1, 0.15) is 33.1 Å². The monoisotopic (exact) mass is 254 g/mol. The summed E-state index contributed by atoms with van der Waals surface area (Å²) in [5.74, 6) is -1.24. The maximum absolute atomic E-state index is 13.5. The highest BCUT2D eigenvalue weighted by Crippen LogP contribution is 2.34. The van der Waals surface area contributed by atoms with Gasteiger partial charge in [-0.1, -0.05) is 13.8 Å². The van der Waals surface area contributed by atoms with E-state index in [1.54, 1.807) is 0 Å². The van der Waals surface area contributed by atoms with E-state index in [0.717, 1.165) is 38.4 Å². The Kier molecular flexibility index (Phi) is 3.46. The number of nitrogens with zero attached hydrogens (tertiary/aromatic N) is 1. The summed E-state index contributed by atoms with van der Waals surface area (Å²) in [5.41, 5.74) is 6.55. The average Bonchev–Trinajstić information content (AvgIpc) is 2.45. The van der Waals surface area contributed by atoms with E-state index < -0.39 is 11.6 Å². The summed E-state index contributed by atoms with van der Waals surface area (Å²) in [7, 11) is 0. The highest BCUT2D eigenvalue weighted by Gasteiger charge is 2.24. The van der Waals surface area contributed by atoms with Crippen LogP contribution in [0.15, 0.2) is 12.1 Å². The molecule has 0 saturated carbocycles. The lowest BCUT2D eigenvalue weighted by Crippen LogP contribution is -2.26. The molecular formula is C14H20F2N2. The van der Waals surface area contributed by atoms with Gasteiger partial charge in [0.2, 0.25) is 0 Å². The molecule has 1 saturated heterocycles. The smallest absolute Gasteiger partial charge is 0.151 e. The lowest BCUT2D eigenvalue weighted by atomic mass is 9.85. The number of nitrogens with two attached hydrogens (primary N) is 1. The van der Waals surface area contributed by atoms with Crippen molar-refractivity contribution in [2.75, 3.05) is 23.7 Å². The molecule has 2 nitrogen and oxygen atoms in total. The van der Waals surface area contributed by atoms with Crippen molar-refractivity contribution in [2.24, 2.45) is 5.41 Å². The fourth-order valence-corrected chi connectivity index (χ4v) is 2.50.